The zero-order chi connectivity index (χ0) is 23.4. The van der Waals surface area contributed by atoms with Crippen molar-refractivity contribution in [1.82, 2.24) is 5.43 Å². The molecule has 0 atom stereocenters. The van der Waals surface area contributed by atoms with Gasteiger partial charge < -0.3 is 20.4 Å². The summed E-state index contributed by atoms with van der Waals surface area (Å²) in [4.78, 5) is 6.64. The van der Waals surface area contributed by atoms with E-state index in [1.807, 2.05) is 11.0 Å². The molecule has 2 fully saturated rings. The molecule has 2 aliphatic rings. The topological polar surface area (TPSA) is 60.1 Å². The van der Waals surface area contributed by atoms with Crippen LogP contribution in [0.15, 0.2) is 47.6 Å². The molecule has 2 aliphatic heterocycles. The van der Waals surface area contributed by atoms with Crippen LogP contribution in [0, 0.1) is 0 Å². The minimum atomic E-state index is -4.33. The van der Waals surface area contributed by atoms with Gasteiger partial charge in [-0.15, -0.1) is 0 Å². The SMILES string of the molecule is NC(=S)N/N=C/c1ccc(N2CCN(c3cccc(C(F)(F)F)c3)CC2)cc1N1CCCC1. The maximum atomic E-state index is 13.1. The van der Waals surface area contributed by atoms with Gasteiger partial charge in [0.1, 0.15) is 0 Å². The maximum absolute atomic E-state index is 13.1. The van der Waals surface area contributed by atoms with Crippen LogP contribution < -0.4 is 25.9 Å². The van der Waals surface area contributed by atoms with Gasteiger partial charge in [-0.05, 0) is 61.5 Å². The molecule has 0 spiro atoms. The first-order valence-electron chi connectivity index (χ1n) is 11.0. The zero-order valence-electron chi connectivity index (χ0n) is 18.2. The lowest BCUT2D eigenvalue weighted by Gasteiger charge is -2.38. The van der Waals surface area contributed by atoms with Crippen LogP contribution in [0.4, 0.5) is 30.2 Å². The molecular formula is C23H27F3N6S. The van der Waals surface area contributed by atoms with Gasteiger partial charge in [0, 0.05) is 61.9 Å². The van der Waals surface area contributed by atoms with Crippen molar-refractivity contribution in [1.29, 1.82) is 0 Å². The number of rotatable bonds is 5. The molecule has 3 N–H and O–H groups in total. The van der Waals surface area contributed by atoms with E-state index in [1.54, 1.807) is 12.3 Å². The van der Waals surface area contributed by atoms with Crippen molar-refractivity contribution in [3.8, 4) is 0 Å². The Morgan fingerprint density at radius 3 is 2.15 bits per heavy atom. The van der Waals surface area contributed by atoms with Crippen LogP contribution >= 0.6 is 12.2 Å². The average molecular weight is 477 g/mol. The van der Waals surface area contributed by atoms with Crippen LogP contribution in [-0.2, 0) is 6.18 Å². The Balaban J connectivity index is 1.48. The molecule has 0 unspecified atom stereocenters. The van der Waals surface area contributed by atoms with Gasteiger partial charge in [-0.25, -0.2) is 0 Å². The zero-order valence-corrected chi connectivity index (χ0v) is 19.0. The van der Waals surface area contributed by atoms with Gasteiger partial charge in [-0.1, -0.05) is 6.07 Å². The van der Waals surface area contributed by atoms with E-state index < -0.39 is 11.7 Å². The molecule has 33 heavy (non-hydrogen) atoms. The van der Waals surface area contributed by atoms with Crippen molar-refractivity contribution in [2.45, 2.75) is 19.0 Å². The molecule has 0 radical (unpaired) electrons. The fourth-order valence-electron chi connectivity index (χ4n) is 4.34. The van der Waals surface area contributed by atoms with Crippen LogP contribution in [0.25, 0.3) is 0 Å². The number of benzene rings is 2. The van der Waals surface area contributed by atoms with Gasteiger partial charge in [-0.3, -0.25) is 5.43 Å². The lowest BCUT2D eigenvalue weighted by molar-refractivity contribution is -0.137. The highest BCUT2D eigenvalue weighted by Gasteiger charge is 2.31. The average Bonchev–Trinajstić information content (AvgIpc) is 3.33. The molecule has 2 aromatic carbocycles. The number of halogens is 3. The molecule has 6 nitrogen and oxygen atoms in total. The van der Waals surface area contributed by atoms with E-state index in [9.17, 15) is 13.2 Å². The van der Waals surface area contributed by atoms with E-state index in [1.165, 1.54) is 12.1 Å². The number of alkyl halides is 3. The summed E-state index contributed by atoms with van der Waals surface area (Å²) in [6.07, 6.45) is -0.301. The molecular weight excluding hydrogens is 449 g/mol. The largest absolute Gasteiger partial charge is 0.416 e. The molecule has 2 aromatic rings. The van der Waals surface area contributed by atoms with E-state index >= 15 is 0 Å². The first-order chi connectivity index (χ1) is 15.8. The third kappa shape index (κ3) is 5.68. The quantitative estimate of drug-likeness (QED) is 0.389. The number of nitrogens with zero attached hydrogens (tertiary/aromatic N) is 4. The molecule has 0 aromatic heterocycles. The molecule has 2 heterocycles. The fraction of sp³-hybridized carbons (Fsp3) is 0.391. The molecule has 0 bridgehead atoms. The Kier molecular flexibility index (Phi) is 6.92. The fourth-order valence-corrected chi connectivity index (χ4v) is 4.39. The number of thiocarbonyl (C=S) groups is 1. The summed E-state index contributed by atoms with van der Waals surface area (Å²) < 4.78 is 39.2. The van der Waals surface area contributed by atoms with Crippen molar-refractivity contribution in [2.75, 3.05) is 54.0 Å². The highest BCUT2D eigenvalue weighted by molar-refractivity contribution is 7.80. The van der Waals surface area contributed by atoms with Gasteiger partial charge in [-0.2, -0.15) is 18.3 Å². The third-order valence-corrected chi connectivity index (χ3v) is 6.11. The summed E-state index contributed by atoms with van der Waals surface area (Å²) in [5.74, 6) is 0. The summed E-state index contributed by atoms with van der Waals surface area (Å²) >= 11 is 4.80. The Morgan fingerprint density at radius 1 is 0.909 bits per heavy atom. The highest BCUT2D eigenvalue weighted by atomic mass is 32.1. The normalized spacial score (nSPS) is 17.1. The Morgan fingerprint density at radius 2 is 1.55 bits per heavy atom. The smallest absolute Gasteiger partial charge is 0.375 e. The Bertz CT molecular complexity index is 1010. The van der Waals surface area contributed by atoms with Gasteiger partial charge in [0.2, 0.25) is 0 Å². The standard InChI is InChI=1S/C23H27F3N6S/c24-23(25,26)18-4-3-5-19(14-18)30-10-12-31(13-11-30)20-7-6-17(16-28-29-22(27)33)21(15-20)32-8-1-2-9-32/h3-7,14-16H,1-2,8-13H2,(H3,27,29,33)/b28-16+. The van der Waals surface area contributed by atoms with Crippen LogP contribution in [0.2, 0.25) is 0 Å². The van der Waals surface area contributed by atoms with E-state index in [0.717, 1.165) is 62.0 Å². The lowest BCUT2D eigenvalue weighted by Crippen LogP contribution is -2.46. The lowest BCUT2D eigenvalue weighted by atomic mass is 10.1. The van der Waals surface area contributed by atoms with E-state index in [2.05, 4.69) is 32.5 Å². The second-order valence-electron chi connectivity index (χ2n) is 8.19. The predicted molar refractivity (Wildman–Crippen MR) is 131 cm³/mol. The van der Waals surface area contributed by atoms with Crippen LogP contribution in [-0.4, -0.2) is 50.6 Å². The summed E-state index contributed by atoms with van der Waals surface area (Å²) in [5.41, 5.74) is 11.2. The van der Waals surface area contributed by atoms with Crippen LogP contribution in [0.1, 0.15) is 24.0 Å². The number of hydrogen-bond acceptors (Lipinski definition) is 5. The molecule has 0 saturated carbocycles. The van der Waals surface area contributed by atoms with E-state index in [4.69, 9.17) is 18.0 Å². The van der Waals surface area contributed by atoms with Gasteiger partial charge in [0.25, 0.3) is 0 Å². The first kappa shape index (κ1) is 23.2. The van der Waals surface area contributed by atoms with E-state index in [0.29, 0.717) is 18.8 Å². The van der Waals surface area contributed by atoms with Gasteiger partial charge in [0.15, 0.2) is 5.11 Å². The molecule has 0 aliphatic carbocycles. The Hall–Kier alpha value is -3.01. The number of piperazine rings is 1. The second-order valence-corrected chi connectivity index (χ2v) is 8.63. The minimum Gasteiger partial charge on any atom is -0.375 e. The van der Waals surface area contributed by atoms with Crippen LogP contribution in [0.5, 0.6) is 0 Å². The number of nitrogens with two attached hydrogens (primary N) is 1. The molecule has 176 valence electrons. The third-order valence-electron chi connectivity index (χ3n) is 6.02. The summed E-state index contributed by atoms with van der Waals surface area (Å²) in [6.45, 7) is 4.76. The van der Waals surface area contributed by atoms with Crippen molar-refractivity contribution in [3.63, 3.8) is 0 Å². The molecule has 10 heteroatoms. The second kappa shape index (κ2) is 9.86. The summed E-state index contributed by atoms with van der Waals surface area (Å²) in [7, 11) is 0. The Labute approximate surface area is 196 Å². The monoisotopic (exact) mass is 476 g/mol. The van der Waals surface area contributed by atoms with Crippen LogP contribution in [0.3, 0.4) is 0 Å². The number of nitrogens with one attached hydrogen (secondary N) is 1. The van der Waals surface area contributed by atoms with Crippen molar-refractivity contribution >= 4 is 40.6 Å². The number of hydrazone groups is 1. The predicted octanol–water partition coefficient (Wildman–Crippen LogP) is 3.80. The van der Waals surface area contributed by atoms with Crippen molar-refractivity contribution < 1.29 is 13.2 Å². The maximum Gasteiger partial charge on any atom is 0.416 e. The summed E-state index contributed by atoms with van der Waals surface area (Å²) in [6, 6.07) is 11.8. The van der Waals surface area contributed by atoms with Crippen molar-refractivity contribution in [2.24, 2.45) is 10.8 Å². The minimum absolute atomic E-state index is 0.115. The van der Waals surface area contributed by atoms with Gasteiger partial charge >= 0.3 is 6.18 Å². The van der Waals surface area contributed by atoms with E-state index in [-0.39, 0.29) is 5.11 Å². The number of anilines is 3. The van der Waals surface area contributed by atoms with Gasteiger partial charge in [0.05, 0.1) is 11.8 Å². The molecule has 2 saturated heterocycles. The summed E-state index contributed by atoms with van der Waals surface area (Å²) in [5, 5.41) is 4.23. The highest BCUT2D eigenvalue weighted by Crippen LogP contribution is 2.33. The molecule has 4 rings (SSSR count). The number of hydrogen-bond donors (Lipinski definition) is 2. The first-order valence-corrected chi connectivity index (χ1v) is 11.4. The van der Waals surface area contributed by atoms with Crippen molar-refractivity contribution in [3.05, 3.63) is 53.6 Å². The molecule has 0 amide bonds.